The van der Waals surface area contributed by atoms with E-state index in [0.29, 0.717) is 18.1 Å². The van der Waals surface area contributed by atoms with Crippen LogP contribution in [0, 0.1) is 0 Å². The molecular formula is C9H15ClN2O. The van der Waals surface area contributed by atoms with Crippen LogP contribution in [0.5, 0.6) is 0 Å². The third-order valence-electron chi connectivity index (χ3n) is 2.38. The molecular weight excluding hydrogens is 188 g/mol. The molecule has 1 saturated heterocycles. The Morgan fingerprint density at radius 2 is 2.38 bits per heavy atom. The lowest BCUT2D eigenvalue weighted by Gasteiger charge is -2.40. The summed E-state index contributed by atoms with van der Waals surface area (Å²) in [5.41, 5.74) is -0.476. The summed E-state index contributed by atoms with van der Waals surface area (Å²) >= 11 is 5.72. The van der Waals surface area contributed by atoms with Crippen LogP contribution in [0.1, 0.15) is 13.8 Å². The van der Waals surface area contributed by atoms with Crippen molar-refractivity contribution in [1.82, 2.24) is 10.2 Å². The van der Waals surface area contributed by atoms with Gasteiger partial charge in [0, 0.05) is 24.7 Å². The third-order valence-corrected chi connectivity index (χ3v) is 2.50. The van der Waals surface area contributed by atoms with Crippen LogP contribution in [0.4, 0.5) is 0 Å². The van der Waals surface area contributed by atoms with Gasteiger partial charge in [0.1, 0.15) is 0 Å². The molecule has 0 bridgehead atoms. The molecule has 1 fully saturated rings. The number of nitrogens with zero attached hydrogens (tertiary/aromatic N) is 1. The van der Waals surface area contributed by atoms with Gasteiger partial charge in [0.05, 0.1) is 5.54 Å². The first-order chi connectivity index (χ1) is 5.94. The Morgan fingerprint density at radius 3 is 2.92 bits per heavy atom. The van der Waals surface area contributed by atoms with Crippen molar-refractivity contribution in [1.29, 1.82) is 0 Å². The van der Waals surface area contributed by atoms with Gasteiger partial charge in [-0.3, -0.25) is 9.69 Å². The molecule has 0 aromatic carbocycles. The lowest BCUT2D eigenvalue weighted by molar-refractivity contribution is -0.134. The molecule has 0 spiro atoms. The summed E-state index contributed by atoms with van der Waals surface area (Å²) in [6.45, 7) is 9.49. The molecule has 1 rings (SSSR count). The van der Waals surface area contributed by atoms with Crippen LogP contribution in [-0.4, -0.2) is 36.0 Å². The lowest BCUT2D eigenvalue weighted by atomic mass is 9.99. The van der Waals surface area contributed by atoms with Crippen LogP contribution in [-0.2, 0) is 4.79 Å². The number of hydrogen-bond donors (Lipinski definition) is 1. The van der Waals surface area contributed by atoms with Crippen LogP contribution in [0.3, 0.4) is 0 Å². The smallest absolute Gasteiger partial charge is 0.240 e. The zero-order valence-corrected chi connectivity index (χ0v) is 8.82. The second kappa shape index (κ2) is 3.68. The van der Waals surface area contributed by atoms with E-state index in [-0.39, 0.29) is 5.91 Å². The van der Waals surface area contributed by atoms with E-state index in [4.69, 9.17) is 11.6 Å². The van der Waals surface area contributed by atoms with E-state index >= 15 is 0 Å². The monoisotopic (exact) mass is 202 g/mol. The highest BCUT2D eigenvalue weighted by Crippen LogP contribution is 2.19. The largest absolute Gasteiger partial charge is 0.353 e. The van der Waals surface area contributed by atoms with Gasteiger partial charge in [0.2, 0.25) is 5.91 Å². The van der Waals surface area contributed by atoms with Crippen LogP contribution in [0.2, 0.25) is 0 Å². The highest BCUT2D eigenvalue weighted by atomic mass is 35.5. The molecule has 1 aliphatic heterocycles. The van der Waals surface area contributed by atoms with Crippen molar-refractivity contribution in [3.05, 3.63) is 11.6 Å². The second-order valence-electron chi connectivity index (χ2n) is 3.75. The van der Waals surface area contributed by atoms with E-state index in [0.717, 1.165) is 6.54 Å². The van der Waals surface area contributed by atoms with Crippen molar-refractivity contribution in [2.24, 2.45) is 0 Å². The van der Waals surface area contributed by atoms with Gasteiger partial charge in [0.15, 0.2) is 0 Å². The molecule has 0 aliphatic carbocycles. The maximum atomic E-state index is 11.5. The minimum atomic E-state index is -0.476. The van der Waals surface area contributed by atoms with Gasteiger partial charge in [-0.05, 0) is 13.8 Å². The zero-order valence-electron chi connectivity index (χ0n) is 8.06. The summed E-state index contributed by atoms with van der Waals surface area (Å²) < 4.78 is 0. The number of piperazine rings is 1. The minimum absolute atomic E-state index is 0.0525. The summed E-state index contributed by atoms with van der Waals surface area (Å²) in [6, 6.07) is 0. The number of halogens is 1. The first kappa shape index (κ1) is 10.5. The van der Waals surface area contributed by atoms with Crippen molar-refractivity contribution in [2.75, 3.05) is 19.6 Å². The van der Waals surface area contributed by atoms with Crippen LogP contribution < -0.4 is 5.32 Å². The van der Waals surface area contributed by atoms with Gasteiger partial charge >= 0.3 is 0 Å². The fourth-order valence-corrected chi connectivity index (χ4v) is 1.57. The molecule has 1 aliphatic rings. The van der Waals surface area contributed by atoms with Crippen LogP contribution in [0.25, 0.3) is 0 Å². The van der Waals surface area contributed by atoms with Crippen molar-refractivity contribution >= 4 is 17.5 Å². The fraction of sp³-hybridized carbons (Fsp3) is 0.667. The number of rotatable bonds is 2. The minimum Gasteiger partial charge on any atom is -0.353 e. The first-order valence-corrected chi connectivity index (χ1v) is 4.69. The quantitative estimate of drug-likeness (QED) is 0.723. The normalized spacial score (nSPS) is 22.5. The van der Waals surface area contributed by atoms with Crippen molar-refractivity contribution in [2.45, 2.75) is 19.4 Å². The molecule has 1 amide bonds. The Bertz CT molecular complexity index is 238. The number of hydrogen-bond acceptors (Lipinski definition) is 2. The summed E-state index contributed by atoms with van der Waals surface area (Å²) in [5.74, 6) is 0.0525. The first-order valence-electron chi connectivity index (χ1n) is 4.31. The molecule has 3 nitrogen and oxygen atoms in total. The standard InChI is InChI=1S/C9H15ClN2O/c1-7(10)6-12-5-4-11-8(13)9(12,2)3/h1,4-6H2,2-3H3,(H,11,13). The Morgan fingerprint density at radius 1 is 1.77 bits per heavy atom. The highest BCUT2D eigenvalue weighted by molar-refractivity contribution is 6.29. The Hall–Kier alpha value is -0.540. The highest BCUT2D eigenvalue weighted by Gasteiger charge is 2.37. The number of carbonyl (C=O) groups is 1. The third kappa shape index (κ3) is 2.23. The van der Waals surface area contributed by atoms with Crippen molar-refractivity contribution in [3.8, 4) is 0 Å². The van der Waals surface area contributed by atoms with Crippen LogP contribution >= 0.6 is 11.6 Å². The molecule has 0 atom stereocenters. The van der Waals surface area contributed by atoms with Crippen molar-refractivity contribution < 1.29 is 4.79 Å². The molecule has 1 heterocycles. The maximum Gasteiger partial charge on any atom is 0.240 e. The summed E-state index contributed by atoms with van der Waals surface area (Å²) in [7, 11) is 0. The van der Waals surface area contributed by atoms with Gasteiger partial charge in [-0.25, -0.2) is 0 Å². The fourth-order valence-electron chi connectivity index (χ4n) is 1.43. The van der Waals surface area contributed by atoms with E-state index in [1.807, 2.05) is 18.7 Å². The van der Waals surface area contributed by atoms with E-state index < -0.39 is 5.54 Å². The molecule has 1 N–H and O–H groups in total. The molecule has 4 heteroatoms. The van der Waals surface area contributed by atoms with E-state index in [2.05, 4.69) is 11.9 Å². The van der Waals surface area contributed by atoms with E-state index in [9.17, 15) is 4.79 Å². The molecule has 0 unspecified atom stereocenters. The molecule has 0 aromatic heterocycles. The summed E-state index contributed by atoms with van der Waals surface area (Å²) in [4.78, 5) is 13.5. The maximum absolute atomic E-state index is 11.5. The van der Waals surface area contributed by atoms with Crippen LogP contribution in [0.15, 0.2) is 11.6 Å². The van der Waals surface area contributed by atoms with Gasteiger partial charge in [-0.2, -0.15) is 0 Å². The Labute approximate surface area is 83.7 Å². The lowest BCUT2D eigenvalue weighted by Crippen LogP contribution is -2.61. The average Bonchev–Trinajstić information content (AvgIpc) is 1.99. The number of carbonyl (C=O) groups excluding carboxylic acids is 1. The Kier molecular flexibility index (Phi) is 2.98. The van der Waals surface area contributed by atoms with Gasteiger partial charge in [-0.1, -0.05) is 18.2 Å². The predicted octanol–water partition coefficient (Wildman–Crippen LogP) is 0.949. The van der Waals surface area contributed by atoms with Crippen molar-refractivity contribution in [3.63, 3.8) is 0 Å². The van der Waals surface area contributed by atoms with Gasteiger partial charge in [-0.15, -0.1) is 0 Å². The summed E-state index contributed by atoms with van der Waals surface area (Å²) in [5, 5.41) is 3.39. The topological polar surface area (TPSA) is 32.3 Å². The van der Waals surface area contributed by atoms with E-state index in [1.165, 1.54) is 0 Å². The SMILES string of the molecule is C=C(Cl)CN1CCNC(=O)C1(C)C. The average molecular weight is 203 g/mol. The molecule has 0 saturated carbocycles. The zero-order chi connectivity index (χ0) is 10.1. The number of nitrogens with one attached hydrogen (secondary N) is 1. The van der Waals surface area contributed by atoms with E-state index in [1.54, 1.807) is 0 Å². The van der Waals surface area contributed by atoms with Gasteiger partial charge in [0.25, 0.3) is 0 Å². The molecule has 0 aromatic rings. The second-order valence-corrected chi connectivity index (χ2v) is 4.29. The molecule has 74 valence electrons. The number of amides is 1. The Balaban J connectivity index is 2.72. The van der Waals surface area contributed by atoms with Gasteiger partial charge < -0.3 is 5.32 Å². The predicted molar refractivity (Wildman–Crippen MR) is 53.7 cm³/mol. The molecule has 0 radical (unpaired) electrons. The molecule has 13 heavy (non-hydrogen) atoms. The summed E-state index contributed by atoms with van der Waals surface area (Å²) in [6.07, 6.45) is 0.